The van der Waals surface area contributed by atoms with E-state index in [-0.39, 0.29) is 17.7 Å². The molecule has 3 aromatic rings. The van der Waals surface area contributed by atoms with Crippen molar-refractivity contribution in [1.82, 2.24) is 25.0 Å². The molecule has 1 fully saturated rings. The second-order valence-corrected chi connectivity index (χ2v) is 8.27. The normalized spacial score (nSPS) is 18.5. The first-order valence-corrected chi connectivity index (χ1v) is 10.8. The highest BCUT2D eigenvalue weighted by molar-refractivity contribution is 5.94. The molecule has 0 bridgehead atoms. The van der Waals surface area contributed by atoms with Crippen molar-refractivity contribution in [3.63, 3.8) is 0 Å². The van der Waals surface area contributed by atoms with Gasteiger partial charge in [-0.25, -0.2) is 0 Å². The molecule has 1 aromatic carbocycles. The Morgan fingerprint density at radius 2 is 1.81 bits per heavy atom. The molecule has 2 amide bonds. The smallest absolute Gasteiger partial charge is 0.271 e. The highest BCUT2D eigenvalue weighted by atomic mass is 16.2. The second kappa shape index (κ2) is 8.34. The Bertz CT molecular complexity index is 1090. The summed E-state index contributed by atoms with van der Waals surface area (Å²) in [6.45, 7) is 2.53. The van der Waals surface area contributed by atoms with E-state index in [1.807, 2.05) is 23.1 Å². The van der Waals surface area contributed by atoms with E-state index in [9.17, 15) is 9.59 Å². The SMILES string of the molecule is O=C(c1cc(-c2ccncc2)n[nH]1)N1CCC[C@H](C(=O)N2CCc3ccccc3C2)C1. The van der Waals surface area contributed by atoms with Gasteiger partial charge in [-0.05, 0) is 48.6 Å². The molecule has 0 unspecified atom stereocenters. The van der Waals surface area contributed by atoms with Crippen LogP contribution in [0.5, 0.6) is 0 Å². The number of benzene rings is 1. The lowest BCUT2D eigenvalue weighted by atomic mass is 9.93. The van der Waals surface area contributed by atoms with E-state index in [4.69, 9.17) is 0 Å². The summed E-state index contributed by atoms with van der Waals surface area (Å²) in [6.07, 6.45) is 5.95. The van der Waals surface area contributed by atoms with Gasteiger partial charge in [0.2, 0.25) is 5.91 Å². The average molecular weight is 415 g/mol. The third-order valence-electron chi connectivity index (χ3n) is 6.28. The number of hydrogen-bond donors (Lipinski definition) is 1. The zero-order valence-electron chi connectivity index (χ0n) is 17.3. The van der Waals surface area contributed by atoms with Crippen molar-refractivity contribution in [2.45, 2.75) is 25.8 Å². The van der Waals surface area contributed by atoms with E-state index in [0.717, 1.165) is 31.4 Å². The number of amides is 2. The van der Waals surface area contributed by atoms with Crippen LogP contribution in [0.25, 0.3) is 11.3 Å². The highest BCUT2D eigenvalue weighted by Crippen LogP contribution is 2.25. The predicted octanol–water partition coefficient (Wildman–Crippen LogP) is 2.91. The summed E-state index contributed by atoms with van der Waals surface area (Å²) in [7, 11) is 0. The van der Waals surface area contributed by atoms with Crippen molar-refractivity contribution >= 4 is 11.8 Å². The number of fused-ring (bicyclic) bond motifs is 1. The number of aromatic amines is 1. The predicted molar refractivity (Wildman–Crippen MR) is 116 cm³/mol. The highest BCUT2D eigenvalue weighted by Gasteiger charge is 2.33. The molecule has 0 radical (unpaired) electrons. The molecule has 0 saturated carbocycles. The fourth-order valence-electron chi connectivity index (χ4n) is 4.58. The first-order valence-electron chi connectivity index (χ1n) is 10.8. The van der Waals surface area contributed by atoms with Gasteiger partial charge in [0.1, 0.15) is 5.69 Å². The lowest BCUT2D eigenvalue weighted by molar-refractivity contribution is -0.137. The van der Waals surface area contributed by atoms with Crippen LogP contribution in [0.3, 0.4) is 0 Å². The van der Waals surface area contributed by atoms with Crippen LogP contribution in [-0.2, 0) is 17.8 Å². The third kappa shape index (κ3) is 3.95. The van der Waals surface area contributed by atoms with Crippen molar-refractivity contribution in [3.8, 4) is 11.3 Å². The Labute approximate surface area is 181 Å². The molecule has 2 aromatic heterocycles. The molecule has 7 heteroatoms. The lowest BCUT2D eigenvalue weighted by Gasteiger charge is -2.36. The number of carbonyl (C=O) groups is 2. The van der Waals surface area contributed by atoms with Crippen molar-refractivity contribution in [1.29, 1.82) is 0 Å². The van der Waals surface area contributed by atoms with E-state index < -0.39 is 0 Å². The van der Waals surface area contributed by atoms with Gasteiger partial charge in [-0.15, -0.1) is 0 Å². The van der Waals surface area contributed by atoms with Crippen LogP contribution < -0.4 is 0 Å². The Balaban J connectivity index is 1.26. The summed E-state index contributed by atoms with van der Waals surface area (Å²) in [5, 5.41) is 7.14. The van der Waals surface area contributed by atoms with Crippen LogP contribution in [0.15, 0.2) is 54.9 Å². The maximum atomic E-state index is 13.2. The molecule has 1 N–H and O–H groups in total. The van der Waals surface area contributed by atoms with Crippen molar-refractivity contribution in [3.05, 3.63) is 71.7 Å². The summed E-state index contributed by atoms with van der Waals surface area (Å²) < 4.78 is 0. The lowest BCUT2D eigenvalue weighted by Crippen LogP contribution is -2.47. The molecule has 158 valence electrons. The van der Waals surface area contributed by atoms with E-state index in [2.05, 4.69) is 33.4 Å². The number of rotatable bonds is 3. The molecular formula is C24H25N5O2. The van der Waals surface area contributed by atoms with E-state index >= 15 is 0 Å². The summed E-state index contributed by atoms with van der Waals surface area (Å²) in [5.74, 6) is -0.0889. The number of aromatic nitrogens is 3. The van der Waals surface area contributed by atoms with E-state index in [1.165, 1.54) is 11.1 Å². The zero-order chi connectivity index (χ0) is 21.2. The summed E-state index contributed by atoms with van der Waals surface area (Å²) in [5.41, 5.74) is 4.62. The fourth-order valence-corrected chi connectivity index (χ4v) is 4.58. The van der Waals surface area contributed by atoms with Crippen molar-refractivity contribution < 1.29 is 9.59 Å². The Morgan fingerprint density at radius 3 is 2.65 bits per heavy atom. The van der Waals surface area contributed by atoms with Crippen molar-refractivity contribution in [2.75, 3.05) is 19.6 Å². The monoisotopic (exact) mass is 415 g/mol. The summed E-state index contributed by atoms with van der Waals surface area (Å²) >= 11 is 0. The van der Waals surface area contributed by atoms with Gasteiger partial charge in [-0.3, -0.25) is 19.7 Å². The first kappa shape index (κ1) is 19.5. The maximum Gasteiger partial charge on any atom is 0.271 e. The van der Waals surface area contributed by atoms with E-state index in [1.54, 1.807) is 23.4 Å². The third-order valence-corrected chi connectivity index (χ3v) is 6.28. The number of likely N-dealkylation sites (tertiary alicyclic amines) is 1. The molecule has 2 aliphatic heterocycles. The van der Waals surface area contributed by atoms with Gasteiger partial charge in [-0.2, -0.15) is 5.10 Å². The number of nitrogens with zero attached hydrogens (tertiary/aromatic N) is 4. The minimum absolute atomic E-state index is 0.103. The van der Waals surface area contributed by atoms with Gasteiger partial charge in [0, 0.05) is 44.1 Å². The van der Waals surface area contributed by atoms with Crippen LogP contribution in [0.2, 0.25) is 0 Å². The number of nitrogens with one attached hydrogen (secondary N) is 1. The molecule has 31 heavy (non-hydrogen) atoms. The molecular weight excluding hydrogens is 390 g/mol. The molecule has 2 aliphatic rings. The minimum Gasteiger partial charge on any atom is -0.338 e. The van der Waals surface area contributed by atoms with E-state index in [0.29, 0.717) is 31.0 Å². The molecule has 0 aliphatic carbocycles. The molecule has 0 spiro atoms. The molecule has 5 rings (SSSR count). The van der Waals surface area contributed by atoms with Gasteiger partial charge in [0.15, 0.2) is 0 Å². The summed E-state index contributed by atoms with van der Waals surface area (Å²) in [4.78, 5) is 34.0. The number of hydrogen-bond acceptors (Lipinski definition) is 4. The average Bonchev–Trinajstić information content (AvgIpc) is 3.34. The topological polar surface area (TPSA) is 82.2 Å². The summed E-state index contributed by atoms with van der Waals surface area (Å²) in [6, 6.07) is 13.8. The molecule has 4 heterocycles. The maximum absolute atomic E-state index is 13.2. The van der Waals surface area contributed by atoms with Gasteiger partial charge >= 0.3 is 0 Å². The van der Waals surface area contributed by atoms with Crippen LogP contribution in [0, 0.1) is 5.92 Å². The molecule has 1 saturated heterocycles. The number of piperidine rings is 1. The number of carbonyl (C=O) groups excluding carboxylic acids is 2. The van der Waals surface area contributed by atoms with Crippen molar-refractivity contribution in [2.24, 2.45) is 5.92 Å². The van der Waals surface area contributed by atoms with Crippen LogP contribution in [-0.4, -0.2) is 56.4 Å². The van der Waals surface area contributed by atoms with Crippen LogP contribution >= 0.6 is 0 Å². The largest absolute Gasteiger partial charge is 0.338 e. The van der Waals surface area contributed by atoms with Crippen LogP contribution in [0.1, 0.15) is 34.5 Å². The minimum atomic E-state index is -0.148. The fraction of sp³-hybridized carbons (Fsp3) is 0.333. The van der Waals surface area contributed by atoms with Crippen LogP contribution in [0.4, 0.5) is 0 Å². The number of H-pyrrole nitrogens is 1. The number of pyridine rings is 1. The Morgan fingerprint density at radius 1 is 1.00 bits per heavy atom. The molecule has 1 atom stereocenters. The molecule has 7 nitrogen and oxygen atoms in total. The van der Waals surface area contributed by atoms with Gasteiger partial charge < -0.3 is 9.80 Å². The standard InChI is InChI=1S/C24H25N5O2/c30-23(29-13-9-17-4-1-2-5-19(17)15-29)20-6-3-12-28(16-20)24(31)22-14-21(26-27-22)18-7-10-25-11-8-18/h1-2,4-5,7-8,10-11,14,20H,3,6,9,12-13,15-16H2,(H,26,27)/t20-/m0/s1. The van der Waals surface area contributed by atoms with Gasteiger partial charge in [0.05, 0.1) is 11.6 Å². The quantitative estimate of drug-likeness (QED) is 0.713. The van der Waals surface area contributed by atoms with Gasteiger partial charge in [0.25, 0.3) is 5.91 Å². The van der Waals surface area contributed by atoms with Gasteiger partial charge in [-0.1, -0.05) is 24.3 Å². The zero-order valence-corrected chi connectivity index (χ0v) is 17.3. The Hall–Kier alpha value is -3.48. The second-order valence-electron chi connectivity index (χ2n) is 8.27. The first-order chi connectivity index (χ1) is 15.2. The Kier molecular flexibility index (Phi) is 5.24.